The molecule has 0 aliphatic heterocycles. The average Bonchev–Trinajstić information content (AvgIpc) is 2.89. The van der Waals surface area contributed by atoms with Gasteiger partial charge >= 0.3 is 0 Å². The Morgan fingerprint density at radius 1 is 0.943 bits per heavy atom. The summed E-state index contributed by atoms with van der Waals surface area (Å²) in [6.07, 6.45) is 3.64. The molecule has 0 aliphatic rings. The second-order valence-electron chi connectivity index (χ2n) is 8.04. The van der Waals surface area contributed by atoms with Crippen molar-refractivity contribution in [1.82, 2.24) is 5.43 Å². The normalized spacial score (nSPS) is 11.0. The molecule has 0 bridgehead atoms. The number of rotatable bonds is 10. The highest BCUT2D eigenvalue weighted by Crippen LogP contribution is 2.27. The van der Waals surface area contributed by atoms with Crippen LogP contribution in [0.3, 0.4) is 0 Å². The molecule has 35 heavy (non-hydrogen) atoms. The van der Waals surface area contributed by atoms with Crippen molar-refractivity contribution >= 4 is 22.9 Å². The quantitative estimate of drug-likeness (QED) is 0.163. The first-order chi connectivity index (χ1) is 17.1. The fourth-order valence-corrected chi connectivity index (χ4v) is 3.53. The zero-order valence-corrected chi connectivity index (χ0v) is 19.5. The van der Waals surface area contributed by atoms with E-state index in [4.69, 9.17) is 9.47 Å². The van der Waals surface area contributed by atoms with Gasteiger partial charge in [0, 0.05) is 11.1 Å². The highest BCUT2D eigenvalue weighted by Gasteiger charge is 2.09. The maximum atomic E-state index is 13.2. The standard InChI is InChI=1S/C29H27FN2O3/c1-2-3-18-34-25-15-10-23(11-16-25)29(33)32-31-19-27-26-7-5-4-6-22(26)12-17-28(27)35-20-21-8-13-24(30)14-9-21/h4-17,19H,2-3,18,20H2,1H3,(H,32,33)/b31-19+. The molecular formula is C29H27FN2O3. The van der Waals surface area contributed by atoms with Crippen LogP contribution in [-0.4, -0.2) is 18.7 Å². The van der Waals surface area contributed by atoms with E-state index in [9.17, 15) is 9.18 Å². The van der Waals surface area contributed by atoms with Gasteiger partial charge in [0.2, 0.25) is 0 Å². The smallest absolute Gasteiger partial charge is 0.271 e. The molecule has 0 unspecified atom stereocenters. The molecule has 0 aliphatic carbocycles. The number of halogens is 1. The van der Waals surface area contributed by atoms with Crippen LogP contribution in [0, 0.1) is 5.82 Å². The number of carbonyl (C=O) groups excluding carboxylic acids is 1. The second kappa shape index (κ2) is 11.8. The maximum absolute atomic E-state index is 13.2. The number of nitrogens with one attached hydrogen (secondary N) is 1. The Hall–Kier alpha value is -4.19. The van der Waals surface area contributed by atoms with Gasteiger partial charge in [-0.25, -0.2) is 9.82 Å². The lowest BCUT2D eigenvalue weighted by Gasteiger charge is -2.12. The summed E-state index contributed by atoms with van der Waals surface area (Å²) >= 11 is 0. The maximum Gasteiger partial charge on any atom is 0.271 e. The number of nitrogens with zero attached hydrogens (tertiary/aromatic N) is 1. The van der Waals surface area contributed by atoms with E-state index in [2.05, 4.69) is 17.5 Å². The predicted octanol–water partition coefficient (Wildman–Crippen LogP) is 6.50. The van der Waals surface area contributed by atoms with E-state index in [-0.39, 0.29) is 18.3 Å². The molecule has 0 saturated heterocycles. The zero-order valence-electron chi connectivity index (χ0n) is 19.5. The number of benzene rings is 4. The van der Waals surface area contributed by atoms with Crippen LogP contribution < -0.4 is 14.9 Å². The van der Waals surface area contributed by atoms with Crippen molar-refractivity contribution in [2.75, 3.05) is 6.61 Å². The number of carbonyl (C=O) groups is 1. The molecule has 1 amide bonds. The van der Waals surface area contributed by atoms with Gasteiger partial charge in [-0.2, -0.15) is 5.10 Å². The molecule has 5 nitrogen and oxygen atoms in total. The van der Waals surface area contributed by atoms with Gasteiger partial charge in [-0.1, -0.05) is 55.8 Å². The number of hydrogen-bond acceptors (Lipinski definition) is 4. The highest BCUT2D eigenvalue weighted by atomic mass is 19.1. The van der Waals surface area contributed by atoms with E-state index < -0.39 is 0 Å². The van der Waals surface area contributed by atoms with Crippen molar-refractivity contribution in [3.63, 3.8) is 0 Å². The number of ether oxygens (including phenoxy) is 2. The highest BCUT2D eigenvalue weighted by molar-refractivity contribution is 6.03. The molecule has 0 heterocycles. The van der Waals surface area contributed by atoms with Gasteiger partial charge in [-0.3, -0.25) is 4.79 Å². The molecule has 4 aromatic rings. The van der Waals surface area contributed by atoms with E-state index >= 15 is 0 Å². The Balaban J connectivity index is 1.47. The van der Waals surface area contributed by atoms with E-state index in [0.29, 0.717) is 17.9 Å². The van der Waals surface area contributed by atoms with Gasteiger partial charge in [0.1, 0.15) is 23.9 Å². The Labute approximate surface area is 204 Å². The summed E-state index contributed by atoms with van der Waals surface area (Å²) in [7, 11) is 0. The minimum atomic E-state index is -0.324. The topological polar surface area (TPSA) is 59.9 Å². The molecule has 4 aromatic carbocycles. The summed E-state index contributed by atoms with van der Waals surface area (Å²) in [5, 5.41) is 6.15. The number of unbranched alkanes of at least 4 members (excludes halogenated alkanes) is 1. The summed E-state index contributed by atoms with van der Waals surface area (Å²) in [6.45, 7) is 3.04. The third-order valence-electron chi connectivity index (χ3n) is 5.48. The summed E-state index contributed by atoms with van der Waals surface area (Å²) in [6, 6.07) is 24.9. The van der Waals surface area contributed by atoms with Crippen LogP contribution in [0.4, 0.5) is 4.39 Å². The third kappa shape index (κ3) is 6.44. The van der Waals surface area contributed by atoms with Gasteiger partial charge in [0.15, 0.2) is 0 Å². The van der Waals surface area contributed by atoms with Crippen LogP contribution >= 0.6 is 0 Å². The van der Waals surface area contributed by atoms with Crippen molar-refractivity contribution in [3.05, 3.63) is 107 Å². The van der Waals surface area contributed by atoms with Crippen LogP contribution in [0.5, 0.6) is 11.5 Å². The van der Waals surface area contributed by atoms with Crippen molar-refractivity contribution in [2.24, 2.45) is 5.10 Å². The first-order valence-corrected chi connectivity index (χ1v) is 11.6. The summed E-state index contributed by atoms with van der Waals surface area (Å²) in [5.41, 5.74) is 4.65. The molecule has 0 atom stereocenters. The lowest BCUT2D eigenvalue weighted by atomic mass is 10.0. The minimum absolute atomic E-state index is 0.276. The SMILES string of the molecule is CCCCOc1ccc(C(=O)N/N=C/c2c(OCc3ccc(F)cc3)ccc3ccccc23)cc1. The number of hydrazone groups is 1. The zero-order chi connectivity index (χ0) is 24.5. The second-order valence-corrected chi connectivity index (χ2v) is 8.04. The monoisotopic (exact) mass is 470 g/mol. The Kier molecular flexibility index (Phi) is 8.07. The van der Waals surface area contributed by atoms with Gasteiger partial charge < -0.3 is 9.47 Å². The number of fused-ring (bicyclic) bond motifs is 1. The molecule has 178 valence electrons. The van der Waals surface area contributed by atoms with Gasteiger partial charge in [-0.15, -0.1) is 0 Å². The largest absolute Gasteiger partial charge is 0.494 e. The summed E-state index contributed by atoms with van der Waals surface area (Å²) < 4.78 is 24.9. The molecule has 0 radical (unpaired) electrons. The van der Waals surface area contributed by atoms with Crippen molar-refractivity contribution < 1.29 is 18.7 Å². The number of amides is 1. The molecule has 1 N–H and O–H groups in total. The van der Waals surface area contributed by atoms with E-state index in [1.165, 1.54) is 12.1 Å². The van der Waals surface area contributed by atoms with E-state index in [0.717, 1.165) is 40.5 Å². The average molecular weight is 471 g/mol. The van der Waals surface area contributed by atoms with Crippen molar-refractivity contribution in [1.29, 1.82) is 0 Å². The van der Waals surface area contributed by atoms with Crippen LogP contribution in [-0.2, 0) is 6.61 Å². The fraction of sp³-hybridized carbons (Fsp3) is 0.172. The summed E-state index contributed by atoms with van der Waals surface area (Å²) in [5.74, 6) is 0.730. The molecule has 4 rings (SSSR count). The van der Waals surface area contributed by atoms with Gasteiger partial charge in [0.25, 0.3) is 5.91 Å². The van der Waals surface area contributed by atoms with Crippen LogP contribution in [0.25, 0.3) is 10.8 Å². The first-order valence-electron chi connectivity index (χ1n) is 11.6. The lowest BCUT2D eigenvalue weighted by molar-refractivity contribution is 0.0955. The predicted molar refractivity (Wildman–Crippen MR) is 137 cm³/mol. The first kappa shape index (κ1) is 24.0. The molecule has 0 aromatic heterocycles. The number of hydrogen-bond donors (Lipinski definition) is 1. The molecule has 6 heteroatoms. The Morgan fingerprint density at radius 3 is 2.49 bits per heavy atom. The van der Waals surface area contributed by atoms with E-state index in [1.54, 1.807) is 42.6 Å². The van der Waals surface area contributed by atoms with Crippen LogP contribution in [0.15, 0.2) is 90.0 Å². The summed E-state index contributed by atoms with van der Waals surface area (Å²) in [4.78, 5) is 12.6. The fourth-order valence-electron chi connectivity index (χ4n) is 3.53. The van der Waals surface area contributed by atoms with Gasteiger partial charge in [-0.05, 0) is 65.2 Å². The van der Waals surface area contributed by atoms with Crippen molar-refractivity contribution in [3.8, 4) is 11.5 Å². The Morgan fingerprint density at radius 2 is 1.71 bits per heavy atom. The minimum Gasteiger partial charge on any atom is -0.494 e. The lowest BCUT2D eigenvalue weighted by Crippen LogP contribution is -2.17. The van der Waals surface area contributed by atoms with Crippen LogP contribution in [0.2, 0.25) is 0 Å². The third-order valence-corrected chi connectivity index (χ3v) is 5.48. The molecule has 0 spiro atoms. The molecular weight excluding hydrogens is 443 g/mol. The molecule has 0 fully saturated rings. The molecule has 0 saturated carbocycles. The van der Waals surface area contributed by atoms with Crippen molar-refractivity contribution in [2.45, 2.75) is 26.4 Å². The van der Waals surface area contributed by atoms with E-state index in [1.807, 2.05) is 36.4 Å². The Bertz CT molecular complexity index is 1300. The van der Waals surface area contributed by atoms with Gasteiger partial charge in [0.05, 0.1) is 12.8 Å². The van der Waals surface area contributed by atoms with Crippen LogP contribution in [0.1, 0.15) is 41.3 Å².